The van der Waals surface area contributed by atoms with Crippen LogP contribution in [-0.4, -0.2) is 28.9 Å². The Labute approximate surface area is 252 Å². The maximum atomic E-state index is 13.0. The summed E-state index contributed by atoms with van der Waals surface area (Å²) in [5, 5.41) is 5.83. The number of thioether (sulfide) groups is 2. The first-order valence-electron chi connectivity index (χ1n) is 14.0. The van der Waals surface area contributed by atoms with Crippen LogP contribution in [0.15, 0.2) is 120 Å². The number of nitrogens with one attached hydrogen (secondary N) is 2. The third kappa shape index (κ3) is 8.05. The van der Waals surface area contributed by atoms with Crippen LogP contribution >= 0.6 is 23.5 Å². The molecular weight excluding hydrogens is 545 g/mol. The lowest BCUT2D eigenvalue weighted by atomic mass is 9.84. The van der Waals surface area contributed by atoms with Gasteiger partial charge in [-0.2, -0.15) is 11.8 Å². The molecule has 0 heterocycles. The first kappa shape index (κ1) is 30.5. The molecule has 212 valence electrons. The van der Waals surface area contributed by atoms with Crippen LogP contribution in [0, 0.1) is 0 Å². The van der Waals surface area contributed by atoms with Crippen molar-refractivity contribution in [3.05, 3.63) is 132 Å². The van der Waals surface area contributed by atoms with Crippen LogP contribution in [0.2, 0.25) is 0 Å². The van der Waals surface area contributed by atoms with Gasteiger partial charge in [0.15, 0.2) is 0 Å². The summed E-state index contributed by atoms with van der Waals surface area (Å²) < 4.78 is -0.420. The van der Waals surface area contributed by atoms with Crippen molar-refractivity contribution in [3.63, 3.8) is 0 Å². The van der Waals surface area contributed by atoms with Gasteiger partial charge in [0.25, 0.3) is 0 Å². The van der Waals surface area contributed by atoms with Gasteiger partial charge >= 0.3 is 0 Å². The number of rotatable bonds is 13. The number of benzene rings is 4. The van der Waals surface area contributed by atoms with E-state index in [1.54, 1.807) is 23.5 Å². The van der Waals surface area contributed by atoms with E-state index in [1.807, 2.05) is 42.5 Å². The molecule has 4 aromatic carbocycles. The van der Waals surface area contributed by atoms with Gasteiger partial charge in [-0.15, -0.1) is 11.8 Å². The molecule has 6 heteroatoms. The average Bonchev–Trinajstić information content (AvgIpc) is 3.01. The fraction of sp³-hybridized carbons (Fsp3) is 0.257. The number of anilines is 1. The third-order valence-corrected chi connectivity index (χ3v) is 10.2. The molecule has 0 radical (unpaired) electrons. The molecular formula is C35H38N2O2S2. The molecule has 0 aliphatic carbocycles. The minimum atomic E-state index is -0.567. The van der Waals surface area contributed by atoms with Crippen molar-refractivity contribution >= 4 is 41.0 Å². The summed E-state index contributed by atoms with van der Waals surface area (Å²) in [5.41, 5.74) is 4.13. The molecule has 0 saturated heterocycles. The van der Waals surface area contributed by atoms with E-state index in [4.69, 9.17) is 0 Å². The molecule has 0 spiro atoms. The predicted octanol–water partition coefficient (Wildman–Crippen LogP) is 8.14. The van der Waals surface area contributed by atoms with Crippen LogP contribution in [0.5, 0.6) is 0 Å². The lowest BCUT2D eigenvalue weighted by Gasteiger charge is -2.36. The zero-order valence-corrected chi connectivity index (χ0v) is 25.6. The maximum Gasteiger partial charge on any atom is 0.243 e. The summed E-state index contributed by atoms with van der Waals surface area (Å²) in [6.07, 6.45) is 1.43. The van der Waals surface area contributed by atoms with Gasteiger partial charge in [-0.1, -0.05) is 124 Å². The van der Waals surface area contributed by atoms with Crippen LogP contribution in [0.3, 0.4) is 0 Å². The van der Waals surface area contributed by atoms with Gasteiger partial charge in [0.05, 0.1) is 17.0 Å². The van der Waals surface area contributed by atoms with Gasteiger partial charge in [-0.3, -0.25) is 9.59 Å². The molecule has 2 N–H and O–H groups in total. The minimum absolute atomic E-state index is 0.0686. The molecule has 0 aromatic heterocycles. The number of hydrogen-bond donors (Lipinski definition) is 2. The lowest BCUT2D eigenvalue weighted by Crippen LogP contribution is -2.33. The van der Waals surface area contributed by atoms with Gasteiger partial charge in [-0.25, -0.2) is 0 Å². The highest BCUT2D eigenvalue weighted by atomic mass is 32.2. The topological polar surface area (TPSA) is 58.2 Å². The molecule has 41 heavy (non-hydrogen) atoms. The van der Waals surface area contributed by atoms with E-state index in [1.165, 1.54) is 0 Å². The van der Waals surface area contributed by atoms with E-state index in [0.29, 0.717) is 12.1 Å². The Hall–Kier alpha value is -3.48. The van der Waals surface area contributed by atoms with Gasteiger partial charge < -0.3 is 10.6 Å². The first-order chi connectivity index (χ1) is 19.8. The number of para-hydroxylation sites is 1. The smallest absolute Gasteiger partial charge is 0.243 e. The van der Waals surface area contributed by atoms with Crippen molar-refractivity contribution in [1.82, 2.24) is 5.32 Å². The monoisotopic (exact) mass is 582 g/mol. The molecule has 4 rings (SSSR count). The second kappa shape index (κ2) is 14.4. The number of carbonyl (C=O) groups is 2. The number of carbonyl (C=O) groups excluding carboxylic acids is 2. The summed E-state index contributed by atoms with van der Waals surface area (Å²) in [6.45, 7) is 6.44. The number of amides is 2. The summed E-state index contributed by atoms with van der Waals surface area (Å²) >= 11 is 3.48. The Morgan fingerprint density at radius 1 is 0.683 bits per heavy atom. The highest BCUT2D eigenvalue weighted by Gasteiger charge is 2.38. The van der Waals surface area contributed by atoms with E-state index in [9.17, 15) is 9.59 Å². The van der Waals surface area contributed by atoms with Crippen molar-refractivity contribution in [2.24, 2.45) is 0 Å². The van der Waals surface area contributed by atoms with Crippen LogP contribution in [0.4, 0.5) is 5.69 Å². The van der Waals surface area contributed by atoms with Crippen LogP contribution < -0.4 is 10.6 Å². The maximum absolute atomic E-state index is 13.0. The molecule has 0 atom stereocenters. The van der Waals surface area contributed by atoms with Crippen LogP contribution in [0.1, 0.15) is 50.3 Å². The van der Waals surface area contributed by atoms with Gasteiger partial charge in [0, 0.05) is 21.8 Å². The Bertz CT molecular complexity index is 1310. The summed E-state index contributed by atoms with van der Waals surface area (Å²) in [6, 6.07) is 39.3. The molecule has 0 unspecified atom stereocenters. The van der Waals surface area contributed by atoms with Crippen LogP contribution in [-0.2, 0) is 14.3 Å². The van der Waals surface area contributed by atoms with E-state index in [-0.39, 0.29) is 23.1 Å². The van der Waals surface area contributed by atoms with Crippen molar-refractivity contribution in [2.45, 2.75) is 48.0 Å². The zero-order valence-electron chi connectivity index (χ0n) is 23.9. The Kier molecular flexibility index (Phi) is 10.7. The summed E-state index contributed by atoms with van der Waals surface area (Å²) in [7, 11) is 0. The van der Waals surface area contributed by atoms with Crippen molar-refractivity contribution < 1.29 is 9.59 Å². The van der Waals surface area contributed by atoms with E-state index >= 15 is 0 Å². The fourth-order valence-corrected chi connectivity index (χ4v) is 7.01. The normalized spacial score (nSPS) is 11.6. The van der Waals surface area contributed by atoms with Gasteiger partial charge in [0.1, 0.15) is 0 Å². The molecule has 4 aromatic rings. The first-order valence-corrected chi connectivity index (χ1v) is 15.8. The second-order valence-corrected chi connectivity index (χ2v) is 13.5. The molecule has 0 bridgehead atoms. The Morgan fingerprint density at radius 2 is 1.17 bits per heavy atom. The standard InChI is InChI=1S/C35H38N2O2S2/c1-4-34(2,3)40-25-24-32(38)36-26-33(39)37-30-22-14-15-23-31(30)41-35(27-16-8-5-9-17-27,28-18-10-6-11-19-28)29-20-12-7-13-21-29/h5-23H,4,24-26H2,1-3H3,(H,36,38)(H,37,39). The molecule has 0 aliphatic rings. The predicted molar refractivity (Wildman–Crippen MR) is 175 cm³/mol. The largest absolute Gasteiger partial charge is 0.347 e. The molecule has 0 saturated carbocycles. The fourth-order valence-electron chi connectivity index (χ4n) is 4.50. The minimum Gasteiger partial charge on any atom is -0.347 e. The van der Waals surface area contributed by atoms with Crippen LogP contribution in [0.25, 0.3) is 0 Å². The van der Waals surface area contributed by atoms with Gasteiger partial charge in [-0.05, 0) is 35.2 Å². The van der Waals surface area contributed by atoms with Crippen molar-refractivity contribution in [3.8, 4) is 0 Å². The zero-order chi connectivity index (χ0) is 29.1. The third-order valence-electron chi connectivity index (χ3n) is 7.08. The van der Waals surface area contributed by atoms with Crippen molar-refractivity contribution in [2.75, 3.05) is 17.6 Å². The Morgan fingerprint density at radius 3 is 1.68 bits per heavy atom. The summed E-state index contributed by atoms with van der Waals surface area (Å²) in [4.78, 5) is 26.3. The quantitative estimate of drug-likeness (QED) is 0.123. The number of hydrogen-bond acceptors (Lipinski definition) is 4. The van der Waals surface area contributed by atoms with E-state index in [0.717, 1.165) is 33.8 Å². The van der Waals surface area contributed by atoms with Gasteiger partial charge in [0.2, 0.25) is 11.8 Å². The molecule has 0 fully saturated rings. The summed E-state index contributed by atoms with van der Waals surface area (Å²) in [5.74, 6) is 0.366. The van der Waals surface area contributed by atoms with E-state index < -0.39 is 4.75 Å². The Balaban J connectivity index is 1.57. The molecule has 4 nitrogen and oxygen atoms in total. The molecule has 2 amide bonds. The SMILES string of the molecule is CCC(C)(C)SCCC(=O)NCC(=O)Nc1ccccc1SC(c1ccccc1)(c1ccccc1)c1ccccc1. The highest BCUT2D eigenvalue weighted by Crippen LogP contribution is 2.52. The highest BCUT2D eigenvalue weighted by molar-refractivity contribution is 8.01. The lowest BCUT2D eigenvalue weighted by molar-refractivity contribution is -0.123. The second-order valence-electron chi connectivity index (χ2n) is 10.4. The molecule has 0 aliphatic heterocycles. The average molecular weight is 583 g/mol. The van der Waals surface area contributed by atoms with E-state index in [2.05, 4.69) is 104 Å². The van der Waals surface area contributed by atoms with Crippen molar-refractivity contribution in [1.29, 1.82) is 0 Å².